The molecule has 0 saturated heterocycles. The van der Waals surface area contributed by atoms with Gasteiger partial charge in [-0.25, -0.2) is 4.79 Å². The molecule has 5 nitrogen and oxygen atoms in total. The number of aromatic carboxylic acids is 1. The second-order valence-corrected chi connectivity index (χ2v) is 5.16. The van der Waals surface area contributed by atoms with Gasteiger partial charge in [0.1, 0.15) is 5.25 Å². The third kappa shape index (κ3) is 3.13. The lowest BCUT2D eigenvalue weighted by Crippen LogP contribution is -2.32. The molecule has 1 aromatic carbocycles. The molecule has 0 heterocycles. The Morgan fingerprint density at radius 1 is 1.41 bits per heavy atom. The van der Waals surface area contributed by atoms with E-state index >= 15 is 0 Å². The zero-order valence-corrected chi connectivity index (χ0v) is 10.3. The molecule has 2 N–H and O–H groups in total. The van der Waals surface area contributed by atoms with Crippen molar-refractivity contribution in [3.8, 4) is 0 Å². The van der Waals surface area contributed by atoms with Crippen molar-refractivity contribution in [2.45, 2.75) is 17.1 Å². The van der Waals surface area contributed by atoms with Gasteiger partial charge in [-0.1, -0.05) is 6.07 Å². The lowest BCUT2D eigenvalue weighted by molar-refractivity contribution is -0.119. The average molecular weight is 255 g/mol. The molecule has 17 heavy (non-hydrogen) atoms. The Morgan fingerprint density at radius 2 is 2.06 bits per heavy atom. The van der Waals surface area contributed by atoms with Crippen LogP contribution in [0.15, 0.2) is 29.2 Å². The highest BCUT2D eigenvalue weighted by Crippen LogP contribution is 2.13. The van der Waals surface area contributed by atoms with Crippen LogP contribution in [0.1, 0.15) is 17.3 Å². The number of carbonyl (C=O) groups excluding carboxylic acids is 1. The fraction of sp³-hybridized carbons (Fsp3) is 0.273. The first kappa shape index (κ1) is 13.4. The van der Waals surface area contributed by atoms with Crippen LogP contribution in [-0.4, -0.2) is 33.5 Å². The van der Waals surface area contributed by atoms with Gasteiger partial charge in [0.05, 0.1) is 16.4 Å². The predicted molar refractivity (Wildman–Crippen MR) is 63.3 cm³/mol. The second kappa shape index (κ2) is 5.58. The van der Waals surface area contributed by atoms with E-state index in [0.717, 1.165) is 0 Å². The van der Waals surface area contributed by atoms with Gasteiger partial charge in [-0.15, -0.1) is 0 Å². The minimum absolute atomic E-state index is 0.0555. The number of rotatable bonds is 4. The van der Waals surface area contributed by atoms with Crippen molar-refractivity contribution in [3.63, 3.8) is 0 Å². The maximum atomic E-state index is 12.0. The third-order valence-electron chi connectivity index (χ3n) is 2.25. The summed E-state index contributed by atoms with van der Waals surface area (Å²) in [6.07, 6.45) is 0. The molecular weight excluding hydrogens is 242 g/mol. The van der Waals surface area contributed by atoms with Crippen LogP contribution in [-0.2, 0) is 15.6 Å². The Labute approximate surface area is 101 Å². The fourth-order valence-corrected chi connectivity index (χ4v) is 2.44. The molecule has 0 aliphatic heterocycles. The molecule has 1 aromatic rings. The van der Waals surface area contributed by atoms with Crippen molar-refractivity contribution < 1.29 is 18.9 Å². The SMILES string of the molecule is CNC(=O)C(C)S(=O)c1cccc(C(=O)O)c1. The standard InChI is InChI=1S/C11H13NO4S/c1-7(10(13)12-2)17(16)9-5-3-4-8(6-9)11(14)15/h3-7H,1-2H3,(H,12,13)(H,14,15). The van der Waals surface area contributed by atoms with Crippen LogP contribution in [0.3, 0.4) is 0 Å². The Morgan fingerprint density at radius 3 is 2.59 bits per heavy atom. The van der Waals surface area contributed by atoms with E-state index in [-0.39, 0.29) is 11.5 Å². The first-order chi connectivity index (χ1) is 7.97. The highest BCUT2D eigenvalue weighted by molar-refractivity contribution is 7.86. The number of nitrogens with one attached hydrogen (secondary N) is 1. The molecule has 0 aliphatic rings. The van der Waals surface area contributed by atoms with Gasteiger partial charge in [0.15, 0.2) is 0 Å². The zero-order valence-electron chi connectivity index (χ0n) is 9.47. The van der Waals surface area contributed by atoms with Crippen LogP contribution in [0.4, 0.5) is 0 Å². The molecule has 1 amide bonds. The first-order valence-corrected chi connectivity index (χ1v) is 6.14. The van der Waals surface area contributed by atoms with Crippen LogP contribution in [0.25, 0.3) is 0 Å². The van der Waals surface area contributed by atoms with Gasteiger partial charge >= 0.3 is 5.97 Å². The van der Waals surface area contributed by atoms with E-state index in [1.165, 1.54) is 32.2 Å². The molecule has 0 fully saturated rings. The molecule has 2 unspecified atom stereocenters. The molecule has 0 aromatic heterocycles. The average Bonchev–Trinajstić information content (AvgIpc) is 2.36. The van der Waals surface area contributed by atoms with Crippen molar-refractivity contribution in [1.82, 2.24) is 5.32 Å². The summed E-state index contributed by atoms with van der Waals surface area (Å²) in [7, 11) is -0.0983. The van der Waals surface area contributed by atoms with Crippen molar-refractivity contribution in [1.29, 1.82) is 0 Å². The van der Waals surface area contributed by atoms with E-state index in [1.807, 2.05) is 0 Å². The van der Waals surface area contributed by atoms with E-state index in [2.05, 4.69) is 5.32 Å². The zero-order chi connectivity index (χ0) is 13.0. The van der Waals surface area contributed by atoms with Crippen molar-refractivity contribution in [2.24, 2.45) is 0 Å². The van der Waals surface area contributed by atoms with Crippen LogP contribution in [0.2, 0.25) is 0 Å². The lowest BCUT2D eigenvalue weighted by atomic mass is 10.2. The summed E-state index contributed by atoms with van der Waals surface area (Å²) < 4.78 is 12.0. The maximum absolute atomic E-state index is 12.0. The van der Waals surface area contributed by atoms with Gasteiger partial charge in [0.2, 0.25) is 5.91 Å². The minimum atomic E-state index is -1.56. The maximum Gasteiger partial charge on any atom is 0.335 e. The van der Waals surface area contributed by atoms with Crippen molar-refractivity contribution in [2.75, 3.05) is 7.05 Å². The second-order valence-electron chi connectivity index (χ2n) is 3.39. The van der Waals surface area contributed by atoms with Gasteiger partial charge in [-0.3, -0.25) is 9.00 Å². The van der Waals surface area contributed by atoms with Gasteiger partial charge < -0.3 is 10.4 Å². The molecule has 92 valence electrons. The monoisotopic (exact) mass is 255 g/mol. The number of carbonyl (C=O) groups is 2. The number of amides is 1. The number of benzene rings is 1. The van der Waals surface area contributed by atoms with E-state index in [0.29, 0.717) is 4.90 Å². The predicted octanol–water partition coefficient (Wildman–Crippen LogP) is 0.627. The summed E-state index contributed by atoms with van der Waals surface area (Å²) in [6.45, 7) is 1.53. The Balaban J connectivity index is 3.00. The summed E-state index contributed by atoms with van der Waals surface area (Å²) in [4.78, 5) is 22.4. The molecule has 0 aliphatic carbocycles. The van der Waals surface area contributed by atoms with E-state index in [1.54, 1.807) is 6.07 Å². The van der Waals surface area contributed by atoms with E-state index in [9.17, 15) is 13.8 Å². The summed E-state index contributed by atoms with van der Waals surface area (Å²) in [6, 6.07) is 5.78. The molecular formula is C11H13NO4S. The van der Waals surface area contributed by atoms with Crippen LogP contribution in [0, 0.1) is 0 Å². The Kier molecular flexibility index (Phi) is 4.39. The Bertz CT molecular complexity index is 472. The molecule has 6 heteroatoms. The smallest absolute Gasteiger partial charge is 0.335 e. The molecule has 0 radical (unpaired) electrons. The number of hydrogen-bond acceptors (Lipinski definition) is 3. The summed E-state index contributed by atoms with van der Waals surface area (Å²) in [5.41, 5.74) is 0.0555. The molecule has 0 bridgehead atoms. The van der Waals surface area contributed by atoms with Gasteiger partial charge in [0.25, 0.3) is 0 Å². The molecule has 0 spiro atoms. The highest BCUT2D eigenvalue weighted by Gasteiger charge is 2.20. The molecule has 2 atom stereocenters. The normalized spacial score (nSPS) is 13.8. The van der Waals surface area contributed by atoms with Gasteiger partial charge in [0, 0.05) is 11.9 Å². The summed E-state index contributed by atoms with van der Waals surface area (Å²) in [5, 5.41) is 10.5. The molecule has 1 rings (SSSR count). The van der Waals surface area contributed by atoms with E-state index < -0.39 is 22.0 Å². The minimum Gasteiger partial charge on any atom is -0.478 e. The van der Waals surface area contributed by atoms with Gasteiger partial charge in [-0.2, -0.15) is 0 Å². The summed E-state index contributed by atoms with van der Waals surface area (Å²) >= 11 is 0. The van der Waals surface area contributed by atoms with Crippen LogP contribution < -0.4 is 5.32 Å². The fourth-order valence-electron chi connectivity index (χ4n) is 1.26. The largest absolute Gasteiger partial charge is 0.478 e. The lowest BCUT2D eigenvalue weighted by Gasteiger charge is -2.10. The number of hydrogen-bond donors (Lipinski definition) is 2. The third-order valence-corrected chi connectivity index (χ3v) is 3.82. The van der Waals surface area contributed by atoms with Crippen LogP contribution in [0.5, 0.6) is 0 Å². The summed E-state index contributed by atoms with van der Waals surface area (Å²) in [5.74, 6) is -1.43. The first-order valence-electron chi connectivity index (χ1n) is 4.93. The number of carboxylic acid groups (broad SMARTS) is 1. The van der Waals surface area contributed by atoms with Gasteiger partial charge in [-0.05, 0) is 25.1 Å². The van der Waals surface area contributed by atoms with Crippen LogP contribution >= 0.6 is 0 Å². The van der Waals surface area contributed by atoms with E-state index in [4.69, 9.17) is 5.11 Å². The molecule has 0 saturated carbocycles. The topological polar surface area (TPSA) is 83.5 Å². The Hall–Kier alpha value is -1.69. The van der Waals surface area contributed by atoms with Crippen molar-refractivity contribution in [3.05, 3.63) is 29.8 Å². The number of carboxylic acids is 1. The van der Waals surface area contributed by atoms with Crippen molar-refractivity contribution >= 4 is 22.7 Å². The highest BCUT2D eigenvalue weighted by atomic mass is 32.2. The quantitative estimate of drug-likeness (QED) is 0.826.